The first-order valence-corrected chi connectivity index (χ1v) is 6.98. The van der Waals surface area contributed by atoms with Gasteiger partial charge in [-0.15, -0.1) is 0 Å². The van der Waals surface area contributed by atoms with Crippen LogP contribution in [0.3, 0.4) is 0 Å². The average Bonchev–Trinajstić information content (AvgIpc) is 1.57. The van der Waals surface area contributed by atoms with Gasteiger partial charge in [-0.1, -0.05) is 0 Å². The van der Waals surface area contributed by atoms with Crippen molar-refractivity contribution in [1.29, 1.82) is 0 Å². The van der Waals surface area contributed by atoms with Gasteiger partial charge in [-0.25, -0.2) is 0 Å². The molecule has 0 aromatic heterocycles. The minimum Gasteiger partial charge on any atom is -0.407 e. The van der Waals surface area contributed by atoms with Crippen molar-refractivity contribution in [2.75, 3.05) is 6.61 Å². The molecule has 59 valence electrons. The van der Waals surface area contributed by atoms with Crippen LogP contribution in [0.25, 0.3) is 0 Å². The maximum Gasteiger partial charge on any atom is 0.184 e. The van der Waals surface area contributed by atoms with Crippen LogP contribution in [-0.2, 0) is 9.16 Å². The first kappa shape index (κ1) is 8.24. The van der Waals surface area contributed by atoms with Gasteiger partial charge in [-0.2, -0.15) is 0 Å². The molecule has 1 aliphatic heterocycles. The van der Waals surface area contributed by atoms with E-state index in [9.17, 15) is 0 Å². The SMILES string of the molecule is CC1(O[Si](C)(C)C)[CH]OC1. The molecular weight excluding hydrogens is 144 g/mol. The van der Waals surface area contributed by atoms with Gasteiger partial charge in [0.15, 0.2) is 8.32 Å². The monoisotopic (exact) mass is 159 g/mol. The average molecular weight is 159 g/mol. The lowest BCUT2D eigenvalue weighted by molar-refractivity contribution is -0.102. The molecule has 0 saturated carbocycles. The summed E-state index contributed by atoms with van der Waals surface area (Å²) in [6, 6.07) is 0. The molecule has 1 radical (unpaired) electrons. The maximum absolute atomic E-state index is 5.82. The minimum atomic E-state index is -1.37. The molecule has 10 heavy (non-hydrogen) atoms. The van der Waals surface area contributed by atoms with Crippen LogP contribution in [-0.4, -0.2) is 20.5 Å². The van der Waals surface area contributed by atoms with Gasteiger partial charge in [0.1, 0.15) is 12.2 Å². The zero-order valence-electron chi connectivity index (χ0n) is 7.10. The summed E-state index contributed by atoms with van der Waals surface area (Å²) in [7, 11) is -1.37. The van der Waals surface area contributed by atoms with Crippen molar-refractivity contribution in [3.05, 3.63) is 6.61 Å². The number of hydrogen-bond donors (Lipinski definition) is 0. The zero-order valence-corrected chi connectivity index (χ0v) is 8.10. The summed E-state index contributed by atoms with van der Waals surface area (Å²) in [6.45, 7) is 11.1. The van der Waals surface area contributed by atoms with Crippen LogP contribution in [0.4, 0.5) is 0 Å². The smallest absolute Gasteiger partial charge is 0.184 e. The van der Waals surface area contributed by atoms with Crippen LogP contribution in [0.2, 0.25) is 19.6 Å². The molecule has 0 spiro atoms. The van der Waals surface area contributed by atoms with Crippen molar-refractivity contribution in [3.63, 3.8) is 0 Å². The zero-order chi connectivity index (χ0) is 7.83. The summed E-state index contributed by atoms with van der Waals surface area (Å²) in [5, 5.41) is 0. The largest absolute Gasteiger partial charge is 0.407 e. The quantitative estimate of drug-likeness (QED) is 0.572. The lowest BCUT2D eigenvalue weighted by Crippen LogP contribution is -2.50. The minimum absolute atomic E-state index is 0.0789. The van der Waals surface area contributed by atoms with Gasteiger partial charge < -0.3 is 9.16 Å². The van der Waals surface area contributed by atoms with Gasteiger partial charge in [-0.3, -0.25) is 0 Å². The van der Waals surface area contributed by atoms with Gasteiger partial charge >= 0.3 is 0 Å². The molecule has 1 aliphatic rings. The second kappa shape index (κ2) is 2.32. The molecular formula is C7H15O2Si. The summed E-state index contributed by atoms with van der Waals surface area (Å²) in [5.74, 6) is 0. The Morgan fingerprint density at radius 1 is 1.50 bits per heavy atom. The molecule has 0 aromatic carbocycles. The molecule has 1 unspecified atom stereocenters. The Morgan fingerprint density at radius 2 is 2.00 bits per heavy atom. The Morgan fingerprint density at radius 3 is 2.10 bits per heavy atom. The second-order valence-corrected chi connectivity index (χ2v) is 8.38. The van der Waals surface area contributed by atoms with Crippen molar-refractivity contribution in [1.82, 2.24) is 0 Å². The fourth-order valence-electron chi connectivity index (χ4n) is 1.07. The Bertz CT molecular complexity index is 124. The van der Waals surface area contributed by atoms with E-state index in [4.69, 9.17) is 9.16 Å². The molecule has 1 heterocycles. The molecule has 3 heteroatoms. The number of hydrogen-bond acceptors (Lipinski definition) is 2. The van der Waals surface area contributed by atoms with Gasteiger partial charge in [-0.05, 0) is 26.6 Å². The predicted molar refractivity (Wildman–Crippen MR) is 43.1 cm³/mol. The van der Waals surface area contributed by atoms with Crippen molar-refractivity contribution in [2.45, 2.75) is 32.2 Å². The second-order valence-electron chi connectivity index (χ2n) is 3.96. The first-order chi connectivity index (χ1) is 4.41. The Hall–Kier alpha value is 0.137. The lowest BCUT2D eigenvalue weighted by atomic mass is 10.1. The standard InChI is InChI=1S/C7H15O2Si/c1-7(5-8-6-7)9-10(2,3)4/h5H,6H2,1-4H3. The third-order valence-electron chi connectivity index (χ3n) is 1.24. The summed E-state index contributed by atoms with van der Waals surface area (Å²) in [5.41, 5.74) is -0.0789. The van der Waals surface area contributed by atoms with Crippen LogP contribution in [0.1, 0.15) is 6.92 Å². The molecule has 0 bridgehead atoms. The van der Waals surface area contributed by atoms with Crippen LogP contribution < -0.4 is 0 Å². The maximum atomic E-state index is 5.82. The fourth-order valence-corrected chi connectivity index (χ4v) is 2.58. The molecule has 0 aromatic rings. The molecule has 1 fully saturated rings. The number of ether oxygens (including phenoxy) is 1. The Kier molecular flexibility index (Phi) is 1.91. The van der Waals surface area contributed by atoms with Crippen molar-refractivity contribution < 1.29 is 9.16 Å². The van der Waals surface area contributed by atoms with E-state index in [-0.39, 0.29) is 5.60 Å². The molecule has 0 aliphatic carbocycles. The summed E-state index contributed by atoms with van der Waals surface area (Å²) in [6.07, 6.45) is 0. The van der Waals surface area contributed by atoms with E-state index in [1.807, 2.05) is 0 Å². The van der Waals surface area contributed by atoms with Crippen LogP contribution in [0.5, 0.6) is 0 Å². The van der Waals surface area contributed by atoms with E-state index < -0.39 is 8.32 Å². The van der Waals surface area contributed by atoms with Crippen molar-refractivity contribution >= 4 is 8.32 Å². The van der Waals surface area contributed by atoms with E-state index in [1.165, 1.54) is 0 Å². The highest BCUT2D eigenvalue weighted by atomic mass is 28.4. The molecule has 0 N–H and O–H groups in total. The summed E-state index contributed by atoms with van der Waals surface area (Å²) < 4.78 is 10.8. The number of rotatable bonds is 2. The lowest BCUT2D eigenvalue weighted by Gasteiger charge is -2.41. The van der Waals surface area contributed by atoms with E-state index in [0.29, 0.717) is 0 Å². The molecule has 1 rings (SSSR count). The van der Waals surface area contributed by atoms with E-state index in [2.05, 4.69) is 26.6 Å². The van der Waals surface area contributed by atoms with Gasteiger partial charge in [0, 0.05) is 0 Å². The first-order valence-electron chi connectivity index (χ1n) is 3.57. The van der Waals surface area contributed by atoms with E-state index in [0.717, 1.165) is 6.61 Å². The van der Waals surface area contributed by atoms with Gasteiger partial charge in [0.25, 0.3) is 0 Å². The highest BCUT2D eigenvalue weighted by Crippen LogP contribution is 2.28. The molecule has 1 saturated heterocycles. The summed E-state index contributed by atoms with van der Waals surface area (Å²) in [4.78, 5) is 0. The van der Waals surface area contributed by atoms with E-state index >= 15 is 0 Å². The van der Waals surface area contributed by atoms with Crippen LogP contribution >= 0.6 is 0 Å². The molecule has 0 amide bonds. The van der Waals surface area contributed by atoms with Crippen LogP contribution in [0.15, 0.2) is 0 Å². The third kappa shape index (κ3) is 2.07. The van der Waals surface area contributed by atoms with E-state index in [1.54, 1.807) is 6.61 Å². The fraction of sp³-hybridized carbons (Fsp3) is 0.857. The van der Waals surface area contributed by atoms with Gasteiger partial charge in [0.2, 0.25) is 0 Å². The van der Waals surface area contributed by atoms with Crippen molar-refractivity contribution in [3.8, 4) is 0 Å². The van der Waals surface area contributed by atoms with Gasteiger partial charge in [0.05, 0.1) is 6.61 Å². The predicted octanol–water partition coefficient (Wildman–Crippen LogP) is 1.79. The highest BCUT2D eigenvalue weighted by molar-refractivity contribution is 6.69. The molecule has 1 atom stereocenters. The Balaban J connectivity index is 2.37. The molecule has 2 nitrogen and oxygen atoms in total. The van der Waals surface area contributed by atoms with Crippen LogP contribution in [0, 0.1) is 6.61 Å². The Labute approximate surface area is 63.7 Å². The topological polar surface area (TPSA) is 18.5 Å². The summed E-state index contributed by atoms with van der Waals surface area (Å²) >= 11 is 0. The highest BCUT2D eigenvalue weighted by Gasteiger charge is 2.38. The third-order valence-corrected chi connectivity index (χ3v) is 2.32. The normalized spacial score (nSPS) is 24.0. The van der Waals surface area contributed by atoms with Crippen molar-refractivity contribution in [2.24, 2.45) is 0 Å².